The molecule has 90 valence electrons. The second kappa shape index (κ2) is 4.34. The molecule has 3 rings (SSSR count). The summed E-state index contributed by atoms with van der Waals surface area (Å²) in [5, 5.41) is 2.43. The molecule has 0 amide bonds. The van der Waals surface area contributed by atoms with E-state index < -0.39 is 0 Å². The Labute approximate surface area is 107 Å². The van der Waals surface area contributed by atoms with Crippen molar-refractivity contribution in [1.29, 1.82) is 0 Å². The number of benzene rings is 2. The van der Waals surface area contributed by atoms with Crippen molar-refractivity contribution in [3.8, 4) is 0 Å². The molecule has 0 fully saturated rings. The van der Waals surface area contributed by atoms with Crippen molar-refractivity contribution in [2.75, 3.05) is 0 Å². The van der Waals surface area contributed by atoms with E-state index >= 15 is 0 Å². The third-order valence-corrected chi connectivity index (χ3v) is 3.32. The molecule has 0 unspecified atom stereocenters. The average molecular weight is 236 g/mol. The number of fused-ring (bicyclic) bond motifs is 3. The lowest BCUT2D eigenvalue weighted by Gasteiger charge is -2.02. The topological polar surface area (TPSA) is 13.1 Å². The number of para-hydroxylation sites is 1. The van der Waals surface area contributed by atoms with E-state index in [0.717, 1.165) is 17.6 Å². The minimum absolute atomic E-state index is 0.962. The summed E-state index contributed by atoms with van der Waals surface area (Å²) in [7, 11) is 0. The van der Waals surface area contributed by atoms with Gasteiger partial charge in [-0.25, -0.2) is 0 Å². The number of hydrogen-bond acceptors (Lipinski definition) is 1. The van der Waals surface area contributed by atoms with Gasteiger partial charge in [0.1, 0.15) is 11.2 Å². The Kier molecular flexibility index (Phi) is 2.67. The first kappa shape index (κ1) is 11.1. The van der Waals surface area contributed by atoms with Gasteiger partial charge >= 0.3 is 0 Å². The van der Waals surface area contributed by atoms with Gasteiger partial charge in [0.25, 0.3) is 0 Å². The number of aryl methyl sites for hydroxylation is 1. The first-order valence-electron chi connectivity index (χ1n) is 6.38. The Morgan fingerprint density at radius 3 is 2.72 bits per heavy atom. The Hall–Kier alpha value is -2.02. The highest BCUT2D eigenvalue weighted by Crippen LogP contribution is 2.33. The third kappa shape index (κ3) is 1.63. The van der Waals surface area contributed by atoms with E-state index in [1.807, 2.05) is 12.1 Å². The fraction of sp³-hybridized carbons (Fsp3) is 0.176. The molecule has 0 spiro atoms. The van der Waals surface area contributed by atoms with Gasteiger partial charge in [-0.1, -0.05) is 43.3 Å². The maximum absolute atomic E-state index is 5.89. The first-order valence-corrected chi connectivity index (χ1v) is 6.38. The highest BCUT2D eigenvalue weighted by molar-refractivity contribution is 6.09. The van der Waals surface area contributed by atoms with Crippen molar-refractivity contribution in [3.63, 3.8) is 0 Å². The molecule has 1 heteroatoms. The van der Waals surface area contributed by atoms with E-state index in [1.165, 1.54) is 21.9 Å². The largest absolute Gasteiger partial charge is 0.456 e. The van der Waals surface area contributed by atoms with Gasteiger partial charge in [0, 0.05) is 10.8 Å². The highest BCUT2D eigenvalue weighted by atomic mass is 16.3. The van der Waals surface area contributed by atoms with Gasteiger partial charge in [0.05, 0.1) is 0 Å². The molecule has 0 aliphatic rings. The summed E-state index contributed by atoms with van der Waals surface area (Å²) in [5.74, 6) is 0. The Bertz CT molecular complexity index is 732. The number of rotatable bonds is 2. The zero-order valence-electron chi connectivity index (χ0n) is 10.7. The summed E-state index contributed by atoms with van der Waals surface area (Å²) < 4.78 is 5.89. The van der Waals surface area contributed by atoms with Crippen molar-refractivity contribution in [2.45, 2.75) is 20.3 Å². The van der Waals surface area contributed by atoms with Gasteiger partial charge in [-0.2, -0.15) is 0 Å². The monoisotopic (exact) mass is 236 g/mol. The summed E-state index contributed by atoms with van der Waals surface area (Å²) in [6.45, 7) is 4.30. The van der Waals surface area contributed by atoms with Crippen molar-refractivity contribution < 1.29 is 4.42 Å². The molecule has 0 saturated heterocycles. The third-order valence-electron chi connectivity index (χ3n) is 3.32. The second-order valence-corrected chi connectivity index (χ2v) is 4.58. The van der Waals surface area contributed by atoms with Crippen molar-refractivity contribution in [1.82, 2.24) is 0 Å². The molecule has 0 saturated carbocycles. The van der Waals surface area contributed by atoms with E-state index in [-0.39, 0.29) is 0 Å². The molecular formula is C17H16O. The molecule has 0 aliphatic carbocycles. The minimum atomic E-state index is 0.962. The number of allylic oxidation sites excluding steroid dienone is 1. The van der Waals surface area contributed by atoms with Crippen LogP contribution in [0.4, 0.5) is 0 Å². The van der Waals surface area contributed by atoms with Crippen LogP contribution in [0, 0.1) is 6.92 Å². The van der Waals surface area contributed by atoms with E-state index in [0.29, 0.717) is 0 Å². The van der Waals surface area contributed by atoms with E-state index in [9.17, 15) is 0 Å². The van der Waals surface area contributed by atoms with Crippen LogP contribution in [0.2, 0.25) is 0 Å². The summed E-state index contributed by atoms with van der Waals surface area (Å²) in [4.78, 5) is 0. The Morgan fingerprint density at radius 1 is 1.06 bits per heavy atom. The molecule has 2 aromatic carbocycles. The van der Waals surface area contributed by atoms with Crippen molar-refractivity contribution >= 4 is 28.0 Å². The SMILES string of the molecule is CC/C=C\c1c(C)ccc2oc3ccccc3c12. The molecule has 0 bridgehead atoms. The lowest BCUT2D eigenvalue weighted by atomic mass is 10.0. The standard InChI is InChI=1S/C17H16O/c1-3-4-7-13-12(2)10-11-16-17(13)14-8-5-6-9-15(14)18-16/h4-11H,3H2,1-2H3/b7-4-. The maximum Gasteiger partial charge on any atom is 0.136 e. The predicted molar refractivity (Wildman–Crippen MR) is 77.8 cm³/mol. The lowest BCUT2D eigenvalue weighted by molar-refractivity contribution is 0.669. The van der Waals surface area contributed by atoms with E-state index in [2.05, 4.69) is 50.3 Å². The van der Waals surface area contributed by atoms with Crippen LogP contribution in [0.1, 0.15) is 24.5 Å². The van der Waals surface area contributed by atoms with Gasteiger partial charge in [0.15, 0.2) is 0 Å². The molecule has 3 aromatic rings. The molecule has 0 radical (unpaired) electrons. The van der Waals surface area contributed by atoms with Crippen LogP contribution in [-0.2, 0) is 0 Å². The van der Waals surface area contributed by atoms with Crippen LogP contribution in [0.15, 0.2) is 46.9 Å². The zero-order chi connectivity index (χ0) is 12.5. The van der Waals surface area contributed by atoms with Gasteiger partial charge in [-0.15, -0.1) is 0 Å². The Morgan fingerprint density at radius 2 is 1.89 bits per heavy atom. The molecule has 0 atom stereocenters. The summed E-state index contributed by atoms with van der Waals surface area (Å²) in [6.07, 6.45) is 5.45. The molecular weight excluding hydrogens is 220 g/mol. The van der Waals surface area contributed by atoms with Gasteiger partial charge in [-0.3, -0.25) is 0 Å². The summed E-state index contributed by atoms with van der Waals surface area (Å²) >= 11 is 0. The van der Waals surface area contributed by atoms with Gasteiger partial charge in [-0.05, 0) is 36.6 Å². The zero-order valence-corrected chi connectivity index (χ0v) is 10.7. The van der Waals surface area contributed by atoms with Crippen molar-refractivity contribution in [3.05, 3.63) is 53.6 Å². The molecule has 1 heterocycles. The fourth-order valence-electron chi connectivity index (χ4n) is 2.40. The van der Waals surface area contributed by atoms with Crippen LogP contribution in [0.25, 0.3) is 28.0 Å². The average Bonchev–Trinajstić information content (AvgIpc) is 2.76. The van der Waals surface area contributed by atoms with Gasteiger partial charge < -0.3 is 4.42 Å². The highest BCUT2D eigenvalue weighted by Gasteiger charge is 2.10. The van der Waals surface area contributed by atoms with E-state index in [4.69, 9.17) is 4.42 Å². The van der Waals surface area contributed by atoms with Crippen LogP contribution in [-0.4, -0.2) is 0 Å². The maximum atomic E-state index is 5.89. The van der Waals surface area contributed by atoms with Crippen LogP contribution >= 0.6 is 0 Å². The smallest absolute Gasteiger partial charge is 0.136 e. The number of hydrogen-bond donors (Lipinski definition) is 0. The summed E-state index contributed by atoms with van der Waals surface area (Å²) in [6, 6.07) is 12.4. The predicted octanol–water partition coefficient (Wildman–Crippen LogP) is 5.32. The van der Waals surface area contributed by atoms with Crippen molar-refractivity contribution in [2.24, 2.45) is 0 Å². The second-order valence-electron chi connectivity index (χ2n) is 4.58. The summed E-state index contributed by atoms with van der Waals surface area (Å²) in [5.41, 5.74) is 4.50. The van der Waals surface area contributed by atoms with Gasteiger partial charge in [0.2, 0.25) is 0 Å². The minimum Gasteiger partial charge on any atom is -0.456 e. The van der Waals surface area contributed by atoms with Crippen LogP contribution in [0.5, 0.6) is 0 Å². The van der Waals surface area contributed by atoms with E-state index in [1.54, 1.807) is 0 Å². The fourth-order valence-corrected chi connectivity index (χ4v) is 2.40. The molecule has 18 heavy (non-hydrogen) atoms. The molecule has 0 N–H and O–H groups in total. The van der Waals surface area contributed by atoms with Crippen LogP contribution < -0.4 is 0 Å². The van der Waals surface area contributed by atoms with Crippen LogP contribution in [0.3, 0.4) is 0 Å². The molecule has 1 nitrogen and oxygen atoms in total. The number of furan rings is 1. The lowest BCUT2D eigenvalue weighted by Crippen LogP contribution is -1.81. The Balaban J connectivity index is 2.44. The normalized spacial score (nSPS) is 11.9. The molecule has 1 aromatic heterocycles. The molecule has 0 aliphatic heterocycles. The first-order chi connectivity index (χ1) is 8.81. The quantitative estimate of drug-likeness (QED) is 0.587.